The molecule has 0 aromatic heterocycles. The molecule has 0 saturated heterocycles. The van der Waals surface area contributed by atoms with Crippen LogP contribution >= 0.6 is 0 Å². The molecule has 2 N–H and O–H groups in total. The van der Waals surface area contributed by atoms with Crippen LogP contribution in [0.3, 0.4) is 0 Å². The van der Waals surface area contributed by atoms with E-state index in [-0.39, 0.29) is 6.04 Å². The summed E-state index contributed by atoms with van der Waals surface area (Å²) in [7, 11) is 0. The van der Waals surface area contributed by atoms with Gasteiger partial charge in [0.05, 0.1) is 0 Å². The zero-order valence-corrected chi connectivity index (χ0v) is 14.5. The zero-order chi connectivity index (χ0) is 20.0. The van der Waals surface area contributed by atoms with Gasteiger partial charge in [0, 0.05) is 37.0 Å². The lowest BCUT2D eigenvalue weighted by Crippen LogP contribution is -2.52. The molecule has 0 aliphatic carbocycles. The average molecular weight is 378 g/mol. The molecule has 0 aliphatic rings. The number of nitrogens with one attached hydrogen (secondary N) is 2. The number of Topliss-reactive ketones (excluding diaryl/α,β-unsaturated/α-hetero) is 2. The molecule has 0 aliphatic heterocycles. The van der Waals surface area contributed by atoms with Crippen molar-refractivity contribution in [2.24, 2.45) is 0 Å². The smallest absolute Gasteiger partial charge is 0.310 e. The quantitative estimate of drug-likeness (QED) is 0.574. The van der Waals surface area contributed by atoms with Crippen molar-refractivity contribution >= 4 is 11.6 Å². The first-order valence-corrected chi connectivity index (χ1v) is 7.90. The Bertz CT molecular complexity index is 450. The van der Waals surface area contributed by atoms with Gasteiger partial charge in [0.2, 0.25) is 11.6 Å². The molecule has 0 aromatic rings. The Morgan fingerprint density at radius 2 is 1.16 bits per heavy atom. The minimum Gasteiger partial charge on any atom is -0.310 e. The predicted octanol–water partition coefficient (Wildman–Crippen LogP) is 3.15. The number of carbonyl (C=O) groups is 2. The number of halogens is 6. The summed E-state index contributed by atoms with van der Waals surface area (Å²) in [5.74, 6) is -3.68. The normalized spacial score (nSPS) is 17.7. The third-order valence-corrected chi connectivity index (χ3v) is 3.70. The standard InChI is InChI=1S/C15H24F6N2O2/c1-5-11(23-9(3)7-13(25)15(19,20)21)10(4)22-8(2)6-12(24)14(16,17)18/h8-11,22-23H,5-7H2,1-4H3. The first-order chi connectivity index (χ1) is 11.2. The van der Waals surface area contributed by atoms with E-state index in [1.165, 1.54) is 13.8 Å². The molecule has 0 fully saturated rings. The number of hydrogen-bond acceptors (Lipinski definition) is 4. The maximum atomic E-state index is 12.3. The van der Waals surface area contributed by atoms with Gasteiger partial charge in [0.1, 0.15) is 0 Å². The molecule has 0 spiro atoms. The summed E-state index contributed by atoms with van der Waals surface area (Å²) >= 11 is 0. The highest BCUT2D eigenvalue weighted by atomic mass is 19.4. The number of rotatable bonds is 10. The van der Waals surface area contributed by atoms with Crippen LogP contribution in [-0.4, -0.2) is 48.1 Å². The van der Waals surface area contributed by atoms with Gasteiger partial charge >= 0.3 is 12.4 Å². The number of ketones is 2. The van der Waals surface area contributed by atoms with Crippen molar-refractivity contribution in [2.75, 3.05) is 0 Å². The lowest BCUT2D eigenvalue weighted by molar-refractivity contribution is -0.171. The van der Waals surface area contributed by atoms with Crippen molar-refractivity contribution in [1.82, 2.24) is 10.6 Å². The Morgan fingerprint density at radius 1 is 0.800 bits per heavy atom. The first kappa shape index (κ1) is 23.8. The zero-order valence-electron chi connectivity index (χ0n) is 14.5. The van der Waals surface area contributed by atoms with E-state index >= 15 is 0 Å². The summed E-state index contributed by atoms with van der Waals surface area (Å²) in [4.78, 5) is 21.9. The molecule has 10 heteroatoms. The highest BCUT2D eigenvalue weighted by Gasteiger charge is 2.40. The molecule has 0 heterocycles. The molecule has 4 unspecified atom stereocenters. The summed E-state index contributed by atoms with van der Waals surface area (Å²) < 4.78 is 73.5. The second kappa shape index (κ2) is 9.51. The van der Waals surface area contributed by atoms with Gasteiger partial charge in [-0.15, -0.1) is 0 Å². The maximum Gasteiger partial charge on any atom is 0.450 e. The van der Waals surface area contributed by atoms with Crippen molar-refractivity contribution in [3.63, 3.8) is 0 Å². The van der Waals surface area contributed by atoms with Crippen LogP contribution in [0.4, 0.5) is 26.3 Å². The summed E-state index contributed by atoms with van der Waals surface area (Å²) in [5, 5.41) is 5.70. The fraction of sp³-hybridized carbons (Fsp3) is 0.867. The van der Waals surface area contributed by atoms with Crippen molar-refractivity contribution in [3.8, 4) is 0 Å². The SMILES string of the molecule is CCC(NC(C)CC(=O)C(F)(F)F)C(C)NC(C)CC(=O)C(F)(F)F. The van der Waals surface area contributed by atoms with Crippen LogP contribution in [0.25, 0.3) is 0 Å². The van der Waals surface area contributed by atoms with Crippen molar-refractivity contribution in [3.05, 3.63) is 0 Å². The lowest BCUT2D eigenvalue weighted by atomic mass is 10.0. The molecule has 4 nitrogen and oxygen atoms in total. The van der Waals surface area contributed by atoms with E-state index in [1.54, 1.807) is 13.8 Å². The topological polar surface area (TPSA) is 58.2 Å². The van der Waals surface area contributed by atoms with Gasteiger partial charge in [0.15, 0.2) is 0 Å². The number of hydrogen-bond donors (Lipinski definition) is 2. The van der Waals surface area contributed by atoms with Gasteiger partial charge in [-0.1, -0.05) is 6.92 Å². The molecule has 0 aromatic carbocycles. The molecule has 0 radical (unpaired) electrons. The molecule has 25 heavy (non-hydrogen) atoms. The van der Waals surface area contributed by atoms with Gasteiger partial charge < -0.3 is 10.6 Å². The monoisotopic (exact) mass is 378 g/mol. The Hall–Kier alpha value is -1.16. The molecule has 4 atom stereocenters. The molecule has 148 valence electrons. The van der Waals surface area contributed by atoms with Gasteiger partial charge in [-0.2, -0.15) is 26.3 Å². The van der Waals surface area contributed by atoms with Gasteiger partial charge in [-0.25, -0.2) is 0 Å². The summed E-state index contributed by atoms with van der Waals surface area (Å²) in [6.45, 7) is 6.24. The lowest BCUT2D eigenvalue weighted by Gasteiger charge is -2.30. The maximum absolute atomic E-state index is 12.3. The third kappa shape index (κ3) is 9.20. The molecule has 0 bridgehead atoms. The summed E-state index contributed by atoms with van der Waals surface area (Å²) in [6, 6.07) is -2.30. The van der Waals surface area contributed by atoms with Crippen molar-refractivity contribution < 1.29 is 35.9 Å². The second-order valence-electron chi connectivity index (χ2n) is 6.19. The highest BCUT2D eigenvalue weighted by molar-refractivity contribution is 5.84. The Labute approximate surface area is 142 Å². The van der Waals surface area contributed by atoms with Crippen LogP contribution in [0.15, 0.2) is 0 Å². The van der Waals surface area contributed by atoms with Crippen LogP contribution in [0, 0.1) is 0 Å². The Morgan fingerprint density at radius 3 is 1.48 bits per heavy atom. The molecule has 0 rings (SSSR count). The fourth-order valence-corrected chi connectivity index (χ4v) is 2.45. The van der Waals surface area contributed by atoms with Crippen LogP contribution in [0.2, 0.25) is 0 Å². The molecular weight excluding hydrogens is 354 g/mol. The summed E-state index contributed by atoms with van der Waals surface area (Å²) in [6.07, 6.45) is -10.8. The average Bonchev–Trinajstić information content (AvgIpc) is 2.42. The minimum atomic E-state index is -4.89. The van der Waals surface area contributed by atoms with Gasteiger partial charge in [0.25, 0.3) is 0 Å². The van der Waals surface area contributed by atoms with Crippen LogP contribution in [0.1, 0.15) is 47.0 Å². The number of carbonyl (C=O) groups excluding carboxylic acids is 2. The number of alkyl halides is 6. The van der Waals surface area contributed by atoms with E-state index in [2.05, 4.69) is 10.6 Å². The summed E-state index contributed by atoms with van der Waals surface area (Å²) in [5.41, 5.74) is 0. The molecular formula is C15H24F6N2O2. The fourth-order valence-electron chi connectivity index (χ4n) is 2.45. The van der Waals surface area contributed by atoms with Gasteiger partial charge in [-0.05, 0) is 27.2 Å². The minimum absolute atomic E-state index is 0.375. The Balaban J connectivity index is 4.58. The predicted molar refractivity (Wildman–Crippen MR) is 80.1 cm³/mol. The van der Waals surface area contributed by atoms with E-state index in [1.807, 2.05) is 0 Å². The highest BCUT2D eigenvalue weighted by Crippen LogP contribution is 2.20. The second-order valence-corrected chi connectivity index (χ2v) is 6.19. The van der Waals surface area contributed by atoms with E-state index in [0.29, 0.717) is 6.42 Å². The van der Waals surface area contributed by atoms with E-state index in [4.69, 9.17) is 0 Å². The van der Waals surface area contributed by atoms with Crippen LogP contribution < -0.4 is 10.6 Å². The van der Waals surface area contributed by atoms with Gasteiger partial charge in [-0.3, -0.25) is 9.59 Å². The molecule has 0 saturated carbocycles. The van der Waals surface area contributed by atoms with E-state index < -0.39 is 54.9 Å². The largest absolute Gasteiger partial charge is 0.450 e. The van der Waals surface area contributed by atoms with Crippen molar-refractivity contribution in [2.45, 2.75) is 83.5 Å². The van der Waals surface area contributed by atoms with Crippen LogP contribution in [0.5, 0.6) is 0 Å². The van der Waals surface area contributed by atoms with Crippen molar-refractivity contribution in [1.29, 1.82) is 0 Å². The van der Waals surface area contributed by atoms with Crippen LogP contribution in [-0.2, 0) is 9.59 Å². The molecule has 0 amide bonds. The van der Waals surface area contributed by atoms with E-state index in [0.717, 1.165) is 0 Å². The first-order valence-electron chi connectivity index (χ1n) is 7.90. The van der Waals surface area contributed by atoms with E-state index in [9.17, 15) is 35.9 Å². The Kier molecular flexibility index (Phi) is 9.07. The third-order valence-electron chi connectivity index (χ3n) is 3.70.